The molecule has 0 aliphatic rings. The second-order valence-corrected chi connectivity index (χ2v) is 6.70. The Labute approximate surface area is 168 Å². The highest BCUT2D eigenvalue weighted by Gasteiger charge is 2.12. The van der Waals surface area contributed by atoms with Crippen LogP contribution in [0.2, 0.25) is 0 Å². The Kier molecular flexibility index (Phi) is 5.54. The van der Waals surface area contributed by atoms with Crippen LogP contribution in [0.15, 0.2) is 66.0 Å². The van der Waals surface area contributed by atoms with Crippen molar-refractivity contribution in [3.63, 3.8) is 0 Å². The van der Waals surface area contributed by atoms with Crippen molar-refractivity contribution in [2.24, 2.45) is 0 Å². The Balaban J connectivity index is 1.39. The summed E-state index contributed by atoms with van der Waals surface area (Å²) in [5, 5.41) is 13.9. The van der Waals surface area contributed by atoms with Crippen molar-refractivity contribution in [1.29, 1.82) is 0 Å². The Bertz CT molecular complexity index is 1110. The Morgan fingerprint density at radius 1 is 1.17 bits per heavy atom. The first-order valence-corrected chi connectivity index (χ1v) is 9.39. The quantitative estimate of drug-likeness (QED) is 0.514. The second kappa shape index (κ2) is 8.59. The predicted octanol–water partition coefficient (Wildman–Crippen LogP) is 3.28. The van der Waals surface area contributed by atoms with Crippen LogP contribution in [-0.2, 0) is 13.1 Å². The van der Waals surface area contributed by atoms with Gasteiger partial charge in [-0.2, -0.15) is 0 Å². The summed E-state index contributed by atoms with van der Waals surface area (Å²) in [6.45, 7) is 3.01. The van der Waals surface area contributed by atoms with Crippen molar-refractivity contribution in [3.8, 4) is 23.2 Å². The lowest BCUT2D eigenvalue weighted by molar-refractivity contribution is 0.184. The zero-order valence-electron chi connectivity index (χ0n) is 16.1. The van der Waals surface area contributed by atoms with E-state index >= 15 is 0 Å². The van der Waals surface area contributed by atoms with Gasteiger partial charge in [0.2, 0.25) is 0 Å². The van der Waals surface area contributed by atoms with Crippen LogP contribution in [0.4, 0.5) is 0 Å². The third-order valence-corrected chi connectivity index (χ3v) is 4.47. The maximum absolute atomic E-state index is 9.76. The molecule has 0 amide bonds. The molecule has 0 saturated carbocycles. The molecule has 1 N–H and O–H groups in total. The van der Waals surface area contributed by atoms with E-state index in [2.05, 4.69) is 27.0 Å². The minimum Gasteiger partial charge on any atom is -0.385 e. The summed E-state index contributed by atoms with van der Waals surface area (Å²) < 4.78 is 9.35. The minimum absolute atomic E-state index is 0.490. The van der Waals surface area contributed by atoms with Crippen molar-refractivity contribution in [1.82, 2.24) is 24.3 Å². The van der Waals surface area contributed by atoms with Gasteiger partial charge in [0.1, 0.15) is 17.6 Å². The van der Waals surface area contributed by atoms with Crippen LogP contribution in [-0.4, -0.2) is 29.4 Å². The molecule has 0 radical (unpaired) electrons. The minimum atomic E-state index is -0.634. The maximum Gasteiger partial charge on any atom is 0.167 e. The standard InChI is InChI=1S/C22H21N5O2/c1-17(28)22-24-10-13-27(22)15-20-14-21(29-25-20)19-7-5-18(6-8-19)4-2-3-11-26-12-9-23-16-26/h5-10,12-14,16-17,28H,3,11,15H2,1H3. The Morgan fingerprint density at radius 2 is 2.03 bits per heavy atom. The van der Waals surface area contributed by atoms with Crippen LogP contribution < -0.4 is 0 Å². The first-order chi connectivity index (χ1) is 14.2. The van der Waals surface area contributed by atoms with E-state index in [9.17, 15) is 5.11 Å². The molecule has 3 aromatic heterocycles. The molecule has 3 heterocycles. The molecule has 1 aromatic carbocycles. The molecule has 0 spiro atoms. The van der Waals surface area contributed by atoms with Crippen LogP contribution in [0.3, 0.4) is 0 Å². The molecule has 146 valence electrons. The fraction of sp³-hybridized carbons (Fsp3) is 0.227. The molecular weight excluding hydrogens is 366 g/mol. The van der Waals surface area contributed by atoms with Crippen molar-refractivity contribution >= 4 is 0 Å². The van der Waals surface area contributed by atoms with Gasteiger partial charge in [0, 0.05) is 54.9 Å². The van der Waals surface area contributed by atoms with E-state index in [-0.39, 0.29) is 0 Å². The number of imidazole rings is 2. The van der Waals surface area contributed by atoms with Crippen LogP contribution >= 0.6 is 0 Å². The van der Waals surface area contributed by atoms with E-state index in [1.165, 1.54) is 0 Å². The SMILES string of the molecule is CC(O)c1nccn1Cc1cc(-c2ccc(C#CCCn3ccnc3)cc2)on1. The molecule has 1 unspecified atom stereocenters. The van der Waals surface area contributed by atoms with Crippen molar-refractivity contribution in [3.05, 3.63) is 78.5 Å². The van der Waals surface area contributed by atoms with Gasteiger partial charge in [-0.25, -0.2) is 9.97 Å². The topological polar surface area (TPSA) is 81.9 Å². The number of aryl methyl sites for hydroxylation is 1. The van der Waals surface area contributed by atoms with Gasteiger partial charge < -0.3 is 18.8 Å². The smallest absolute Gasteiger partial charge is 0.167 e. The van der Waals surface area contributed by atoms with Crippen LogP contribution in [0.25, 0.3) is 11.3 Å². The lowest BCUT2D eigenvalue weighted by Crippen LogP contribution is -2.07. The lowest BCUT2D eigenvalue weighted by atomic mass is 10.1. The van der Waals surface area contributed by atoms with Gasteiger partial charge in [0.25, 0.3) is 0 Å². The van der Waals surface area contributed by atoms with Crippen LogP contribution in [0, 0.1) is 11.8 Å². The maximum atomic E-state index is 9.76. The first kappa shape index (κ1) is 18.7. The molecule has 1 atom stereocenters. The van der Waals surface area contributed by atoms with Gasteiger partial charge in [-0.3, -0.25) is 0 Å². The van der Waals surface area contributed by atoms with Gasteiger partial charge in [-0.1, -0.05) is 17.0 Å². The van der Waals surface area contributed by atoms with Crippen molar-refractivity contribution in [2.45, 2.75) is 32.5 Å². The van der Waals surface area contributed by atoms with Crippen molar-refractivity contribution in [2.75, 3.05) is 0 Å². The van der Waals surface area contributed by atoms with Gasteiger partial charge in [0.05, 0.1) is 12.9 Å². The molecule has 4 rings (SSSR count). The first-order valence-electron chi connectivity index (χ1n) is 9.39. The van der Waals surface area contributed by atoms with Crippen LogP contribution in [0.1, 0.15) is 36.5 Å². The van der Waals surface area contributed by atoms with E-state index in [0.29, 0.717) is 18.1 Å². The second-order valence-electron chi connectivity index (χ2n) is 6.70. The molecule has 7 nitrogen and oxygen atoms in total. The van der Waals surface area contributed by atoms with Gasteiger partial charge in [-0.15, -0.1) is 0 Å². The Morgan fingerprint density at radius 3 is 2.79 bits per heavy atom. The van der Waals surface area contributed by atoms with Gasteiger partial charge in [0.15, 0.2) is 5.76 Å². The summed E-state index contributed by atoms with van der Waals surface area (Å²) in [5.74, 6) is 7.65. The van der Waals surface area contributed by atoms with Gasteiger partial charge >= 0.3 is 0 Å². The normalized spacial score (nSPS) is 11.8. The monoisotopic (exact) mass is 387 g/mol. The lowest BCUT2D eigenvalue weighted by Gasteiger charge is -2.07. The number of benzene rings is 1. The van der Waals surface area contributed by atoms with E-state index in [4.69, 9.17) is 4.52 Å². The molecule has 7 heteroatoms. The van der Waals surface area contributed by atoms with Crippen LogP contribution in [0.5, 0.6) is 0 Å². The van der Waals surface area contributed by atoms with E-state index in [1.807, 2.05) is 51.9 Å². The average molecular weight is 387 g/mol. The highest BCUT2D eigenvalue weighted by Crippen LogP contribution is 2.22. The summed E-state index contributed by atoms with van der Waals surface area (Å²) in [6, 6.07) is 9.80. The average Bonchev–Trinajstić information content (AvgIpc) is 3.48. The number of hydrogen-bond donors (Lipinski definition) is 1. The molecule has 0 aliphatic heterocycles. The fourth-order valence-electron chi connectivity index (χ4n) is 3.01. The number of hydrogen-bond acceptors (Lipinski definition) is 5. The fourth-order valence-corrected chi connectivity index (χ4v) is 3.01. The third-order valence-electron chi connectivity index (χ3n) is 4.47. The summed E-state index contributed by atoms with van der Waals surface area (Å²) in [6.07, 6.45) is 9.11. The summed E-state index contributed by atoms with van der Waals surface area (Å²) in [4.78, 5) is 8.19. The molecule has 0 fully saturated rings. The van der Waals surface area contributed by atoms with E-state index in [0.717, 1.165) is 29.8 Å². The summed E-state index contributed by atoms with van der Waals surface area (Å²) in [5.41, 5.74) is 2.66. The zero-order valence-corrected chi connectivity index (χ0v) is 16.1. The number of nitrogens with zero attached hydrogens (tertiary/aromatic N) is 5. The predicted molar refractivity (Wildman–Crippen MR) is 108 cm³/mol. The molecule has 4 aromatic rings. The molecular formula is C22H21N5O2. The largest absolute Gasteiger partial charge is 0.385 e. The highest BCUT2D eigenvalue weighted by molar-refractivity contribution is 5.59. The molecule has 0 aliphatic carbocycles. The number of aromatic nitrogens is 5. The number of rotatable bonds is 6. The van der Waals surface area contributed by atoms with Gasteiger partial charge in [-0.05, 0) is 31.2 Å². The molecule has 29 heavy (non-hydrogen) atoms. The third kappa shape index (κ3) is 4.62. The highest BCUT2D eigenvalue weighted by atomic mass is 16.5. The summed E-state index contributed by atoms with van der Waals surface area (Å²) >= 11 is 0. The Hall–Kier alpha value is -3.63. The number of aliphatic hydroxyl groups is 1. The van der Waals surface area contributed by atoms with Crippen molar-refractivity contribution < 1.29 is 9.63 Å². The zero-order chi connectivity index (χ0) is 20.1. The molecule has 0 saturated heterocycles. The number of aliphatic hydroxyl groups excluding tert-OH is 1. The molecule has 0 bridgehead atoms. The van der Waals surface area contributed by atoms with E-state index < -0.39 is 6.10 Å². The summed E-state index contributed by atoms with van der Waals surface area (Å²) in [7, 11) is 0. The van der Waals surface area contributed by atoms with E-state index in [1.54, 1.807) is 25.6 Å².